The van der Waals surface area contributed by atoms with E-state index in [1.165, 1.54) is 5.56 Å². The standard InChI is InChI=1S/C14H22N2S/c1-4-7-12-8-5-6-9-13(12)16-14(17)15-10-11(2)3/h5-6,8-9,11H,4,7,10H2,1-3H3,(H2,15,16,17). The van der Waals surface area contributed by atoms with Gasteiger partial charge in [0.25, 0.3) is 0 Å². The summed E-state index contributed by atoms with van der Waals surface area (Å²) < 4.78 is 0. The Morgan fingerprint density at radius 3 is 2.65 bits per heavy atom. The Morgan fingerprint density at radius 2 is 2.00 bits per heavy atom. The van der Waals surface area contributed by atoms with Gasteiger partial charge < -0.3 is 10.6 Å². The second-order valence-corrected chi connectivity index (χ2v) is 5.04. The number of thiocarbonyl (C=S) groups is 1. The number of hydrogen-bond donors (Lipinski definition) is 2. The van der Waals surface area contributed by atoms with Gasteiger partial charge in [0.05, 0.1) is 0 Å². The topological polar surface area (TPSA) is 24.1 Å². The van der Waals surface area contributed by atoms with Crippen LogP contribution in [0.1, 0.15) is 32.8 Å². The maximum absolute atomic E-state index is 5.28. The summed E-state index contributed by atoms with van der Waals surface area (Å²) in [5, 5.41) is 7.20. The zero-order valence-electron chi connectivity index (χ0n) is 10.9. The Bertz CT molecular complexity index is 361. The van der Waals surface area contributed by atoms with Crippen molar-refractivity contribution < 1.29 is 0 Å². The van der Waals surface area contributed by atoms with Gasteiger partial charge in [0.15, 0.2) is 5.11 Å². The molecule has 0 aliphatic carbocycles. The van der Waals surface area contributed by atoms with E-state index in [-0.39, 0.29) is 0 Å². The molecule has 0 saturated heterocycles. The first-order chi connectivity index (χ1) is 8.13. The molecule has 17 heavy (non-hydrogen) atoms. The summed E-state index contributed by atoms with van der Waals surface area (Å²) in [5.74, 6) is 0.598. The normalized spacial score (nSPS) is 10.4. The fourth-order valence-corrected chi connectivity index (χ4v) is 1.79. The van der Waals surface area contributed by atoms with Gasteiger partial charge in [-0.2, -0.15) is 0 Å². The van der Waals surface area contributed by atoms with E-state index in [4.69, 9.17) is 12.2 Å². The van der Waals surface area contributed by atoms with E-state index in [1.54, 1.807) is 0 Å². The molecule has 0 unspecified atom stereocenters. The van der Waals surface area contributed by atoms with Crippen molar-refractivity contribution in [3.8, 4) is 0 Å². The highest BCUT2D eigenvalue weighted by molar-refractivity contribution is 7.80. The zero-order valence-corrected chi connectivity index (χ0v) is 11.7. The SMILES string of the molecule is CCCc1ccccc1NC(=S)NCC(C)C. The zero-order chi connectivity index (χ0) is 12.7. The van der Waals surface area contributed by atoms with Crippen LogP contribution in [0.3, 0.4) is 0 Å². The Hall–Kier alpha value is -1.09. The Morgan fingerprint density at radius 1 is 1.29 bits per heavy atom. The lowest BCUT2D eigenvalue weighted by molar-refractivity contribution is 0.627. The molecule has 0 spiro atoms. The van der Waals surface area contributed by atoms with E-state index >= 15 is 0 Å². The van der Waals surface area contributed by atoms with Crippen LogP contribution in [0.15, 0.2) is 24.3 Å². The van der Waals surface area contributed by atoms with Crippen molar-refractivity contribution in [1.82, 2.24) is 5.32 Å². The molecule has 94 valence electrons. The molecule has 0 radical (unpaired) electrons. The highest BCUT2D eigenvalue weighted by Gasteiger charge is 2.03. The average molecular weight is 250 g/mol. The molecule has 0 aliphatic heterocycles. The Kier molecular flexibility index (Phi) is 5.98. The molecular weight excluding hydrogens is 228 g/mol. The highest BCUT2D eigenvalue weighted by Crippen LogP contribution is 2.16. The number of benzene rings is 1. The molecule has 1 aromatic rings. The molecule has 2 N–H and O–H groups in total. The molecule has 0 heterocycles. The minimum absolute atomic E-state index is 0.598. The third-order valence-corrected chi connectivity index (χ3v) is 2.70. The highest BCUT2D eigenvalue weighted by atomic mass is 32.1. The minimum Gasteiger partial charge on any atom is -0.362 e. The molecule has 0 fully saturated rings. The maximum Gasteiger partial charge on any atom is 0.170 e. The Balaban J connectivity index is 2.58. The molecule has 3 heteroatoms. The molecule has 1 aromatic carbocycles. The van der Waals surface area contributed by atoms with Gasteiger partial charge in [-0.15, -0.1) is 0 Å². The molecule has 1 rings (SSSR count). The van der Waals surface area contributed by atoms with Crippen LogP contribution >= 0.6 is 12.2 Å². The summed E-state index contributed by atoms with van der Waals surface area (Å²) in [5.41, 5.74) is 2.44. The largest absolute Gasteiger partial charge is 0.362 e. The summed E-state index contributed by atoms with van der Waals surface area (Å²) in [4.78, 5) is 0. The lowest BCUT2D eigenvalue weighted by Crippen LogP contribution is -2.31. The second kappa shape index (κ2) is 7.28. The van der Waals surface area contributed by atoms with Gasteiger partial charge >= 0.3 is 0 Å². The van der Waals surface area contributed by atoms with Gasteiger partial charge in [-0.1, -0.05) is 45.4 Å². The molecule has 0 aromatic heterocycles. The number of para-hydroxylation sites is 1. The van der Waals surface area contributed by atoms with Crippen molar-refractivity contribution in [3.05, 3.63) is 29.8 Å². The number of anilines is 1. The summed E-state index contributed by atoms with van der Waals surface area (Å²) >= 11 is 5.28. The van der Waals surface area contributed by atoms with Crippen molar-refractivity contribution in [2.45, 2.75) is 33.6 Å². The predicted octanol–water partition coefficient (Wildman–Crippen LogP) is 3.58. The third-order valence-electron chi connectivity index (χ3n) is 2.46. The minimum atomic E-state index is 0.598. The third kappa shape index (κ3) is 5.18. The summed E-state index contributed by atoms with van der Waals surface area (Å²) in [6, 6.07) is 8.33. The molecule has 0 bridgehead atoms. The van der Waals surface area contributed by atoms with Crippen molar-refractivity contribution in [3.63, 3.8) is 0 Å². The summed E-state index contributed by atoms with van der Waals surface area (Å²) in [7, 11) is 0. The van der Waals surface area contributed by atoms with Crippen LogP contribution in [0.4, 0.5) is 5.69 Å². The lowest BCUT2D eigenvalue weighted by atomic mass is 10.1. The van der Waals surface area contributed by atoms with Crippen LogP contribution in [-0.2, 0) is 6.42 Å². The van der Waals surface area contributed by atoms with Crippen molar-refractivity contribution in [2.24, 2.45) is 5.92 Å². The van der Waals surface area contributed by atoms with E-state index in [2.05, 4.69) is 49.6 Å². The summed E-state index contributed by atoms with van der Waals surface area (Å²) in [6.45, 7) is 7.43. The van der Waals surface area contributed by atoms with Crippen LogP contribution in [0.5, 0.6) is 0 Å². The van der Waals surface area contributed by atoms with Crippen LogP contribution in [0, 0.1) is 5.92 Å². The van der Waals surface area contributed by atoms with Gasteiger partial charge in [-0.25, -0.2) is 0 Å². The molecule has 0 saturated carbocycles. The smallest absolute Gasteiger partial charge is 0.170 e. The van der Waals surface area contributed by atoms with Gasteiger partial charge in [0.1, 0.15) is 0 Å². The van der Waals surface area contributed by atoms with E-state index in [0.717, 1.165) is 25.1 Å². The van der Waals surface area contributed by atoms with Gasteiger partial charge in [-0.05, 0) is 36.2 Å². The van der Waals surface area contributed by atoms with Crippen LogP contribution in [-0.4, -0.2) is 11.7 Å². The number of rotatable bonds is 5. The van der Waals surface area contributed by atoms with E-state index in [1.807, 2.05) is 6.07 Å². The first-order valence-electron chi connectivity index (χ1n) is 6.26. The van der Waals surface area contributed by atoms with E-state index in [0.29, 0.717) is 11.0 Å². The fraction of sp³-hybridized carbons (Fsp3) is 0.500. The van der Waals surface area contributed by atoms with Crippen LogP contribution in [0.2, 0.25) is 0 Å². The summed E-state index contributed by atoms with van der Waals surface area (Å²) in [6.07, 6.45) is 2.22. The predicted molar refractivity (Wildman–Crippen MR) is 79.5 cm³/mol. The number of nitrogens with one attached hydrogen (secondary N) is 2. The molecule has 0 atom stereocenters. The van der Waals surface area contributed by atoms with Gasteiger partial charge in [-0.3, -0.25) is 0 Å². The Labute approximate surface area is 110 Å². The van der Waals surface area contributed by atoms with Crippen molar-refractivity contribution in [1.29, 1.82) is 0 Å². The fourth-order valence-electron chi connectivity index (χ4n) is 1.59. The number of hydrogen-bond acceptors (Lipinski definition) is 1. The second-order valence-electron chi connectivity index (χ2n) is 4.64. The van der Waals surface area contributed by atoms with E-state index < -0.39 is 0 Å². The molecule has 0 aliphatic rings. The average Bonchev–Trinajstić information content (AvgIpc) is 2.29. The number of aryl methyl sites for hydroxylation is 1. The maximum atomic E-state index is 5.28. The monoisotopic (exact) mass is 250 g/mol. The molecule has 2 nitrogen and oxygen atoms in total. The van der Waals surface area contributed by atoms with Crippen molar-refractivity contribution in [2.75, 3.05) is 11.9 Å². The van der Waals surface area contributed by atoms with Gasteiger partial charge in [0, 0.05) is 12.2 Å². The molecular formula is C14H22N2S. The van der Waals surface area contributed by atoms with Crippen LogP contribution < -0.4 is 10.6 Å². The van der Waals surface area contributed by atoms with Gasteiger partial charge in [0.2, 0.25) is 0 Å². The quantitative estimate of drug-likeness (QED) is 0.781. The van der Waals surface area contributed by atoms with E-state index in [9.17, 15) is 0 Å². The first kappa shape index (κ1) is 14.0. The van der Waals surface area contributed by atoms with Crippen LogP contribution in [0.25, 0.3) is 0 Å². The molecule has 0 amide bonds. The lowest BCUT2D eigenvalue weighted by Gasteiger charge is -2.14. The van der Waals surface area contributed by atoms with Crippen molar-refractivity contribution >= 4 is 23.0 Å². The first-order valence-corrected chi connectivity index (χ1v) is 6.67.